The molecule has 0 atom stereocenters. The highest BCUT2D eigenvalue weighted by Gasteiger charge is 2.21. The average molecular weight is 290 g/mol. The SMILES string of the molecule is COc1ccc(CC(=O)c2cn(C3CNC3)nn2)cc1F. The number of nitrogens with one attached hydrogen (secondary N) is 1. The van der Waals surface area contributed by atoms with Crippen LogP contribution in [0.3, 0.4) is 0 Å². The molecule has 1 aliphatic rings. The number of methoxy groups -OCH3 is 1. The van der Waals surface area contributed by atoms with Crippen molar-refractivity contribution in [3.8, 4) is 5.75 Å². The summed E-state index contributed by atoms with van der Waals surface area (Å²) in [5.74, 6) is -0.500. The molecule has 7 heteroatoms. The number of ether oxygens (including phenoxy) is 1. The summed E-state index contributed by atoms with van der Waals surface area (Å²) < 4.78 is 20.1. The first kappa shape index (κ1) is 13.7. The van der Waals surface area contributed by atoms with Gasteiger partial charge in [-0.25, -0.2) is 9.07 Å². The third-order valence-corrected chi connectivity index (χ3v) is 3.51. The quantitative estimate of drug-likeness (QED) is 0.832. The van der Waals surface area contributed by atoms with Crippen LogP contribution in [0.1, 0.15) is 22.1 Å². The summed E-state index contributed by atoms with van der Waals surface area (Å²) in [4.78, 5) is 12.1. The van der Waals surface area contributed by atoms with Crippen molar-refractivity contribution >= 4 is 5.78 Å². The second-order valence-electron chi connectivity index (χ2n) is 4.96. The summed E-state index contributed by atoms with van der Waals surface area (Å²) in [7, 11) is 1.40. The molecule has 6 nitrogen and oxygen atoms in total. The van der Waals surface area contributed by atoms with Gasteiger partial charge in [0.25, 0.3) is 0 Å². The van der Waals surface area contributed by atoms with Crippen LogP contribution in [0.15, 0.2) is 24.4 Å². The Morgan fingerprint density at radius 2 is 2.33 bits per heavy atom. The van der Waals surface area contributed by atoms with Crippen LogP contribution in [-0.4, -0.2) is 41.0 Å². The summed E-state index contributed by atoms with van der Waals surface area (Å²) in [6, 6.07) is 4.74. The molecule has 2 aromatic rings. The number of hydrogen-bond donors (Lipinski definition) is 1. The van der Waals surface area contributed by atoms with Gasteiger partial charge < -0.3 is 10.1 Å². The Balaban J connectivity index is 1.70. The highest BCUT2D eigenvalue weighted by atomic mass is 19.1. The van der Waals surface area contributed by atoms with Crippen molar-refractivity contribution in [1.29, 1.82) is 0 Å². The van der Waals surface area contributed by atoms with Crippen LogP contribution >= 0.6 is 0 Å². The normalized spacial score (nSPS) is 14.8. The van der Waals surface area contributed by atoms with E-state index < -0.39 is 5.82 Å². The topological polar surface area (TPSA) is 69.0 Å². The molecule has 1 aromatic carbocycles. The first-order valence-electron chi connectivity index (χ1n) is 6.65. The minimum absolute atomic E-state index is 0.0858. The first-order valence-corrected chi connectivity index (χ1v) is 6.65. The Morgan fingerprint density at radius 1 is 1.52 bits per heavy atom. The number of ketones is 1. The number of carbonyl (C=O) groups excluding carboxylic acids is 1. The second-order valence-corrected chi connectivity index (χ2v) is 4.96. The maximum Gasteiger partial charge on any atom is 0.189 e. The molecule has 0 saturated carbocycles. The summed E-state index contributed by atoms with van der Waals surface area (Å²) in [5.41, 5.74) is 0.885. The third kappa shape index (κ3) is 2.78. The molecule has 1 N–H and O–H groups in total. The molecular formula is C14H15FN4O2. The number of nitrogens with zero attached hydrogens (tertiary/aromatic N) is 3. The van der Waals surface area contributed by atoms with Gasteiger partial charge in [-0.05, 0) is 17.7 Å². The fraction of sp³-hybridized carbons (Fsp3) is 0.357. The molecule has 3 rings (SSSR count). The first-order chi connectivity index (χ1) is 10.2. The number of benzene rings is 1. The van der Waals surface area contributed by atoms with Crippen molar-refractivity contribution in [1.82, 2.24) is 20.3 Å². The zero-order valence-corrected chi connectivity index (χ0v) is 11.5. The van der Waals surface area contributed by atoms with E-state index >= 15 is 0 Å². The van der Waals surface area contributed by atoms with E-state index in [1.165, 1.54) is 19.2 Å². The monoisotopic (exact) mass is 290 g/mol. The van der Waals surface area contributed by atoms with E-state index in [0.29, 0.717) is 11.3 Å². The van der Waals surface area contributed by atoms with Crippen LogP contribution in [0.5, 0.6) is 5.75 Å². The Bertz CT molecular complexity index is 667. The highest BCUT2D eigenvalue weighted by molar-refractivity contribution is 5.95. The van der Waals surface area contributed by atoms with Gasteiger partial charge in [0.15, 0.2) is 17.3 Å². The summed E-state index contributed by atoms with van der Waals surface area (Å²) in [6.45, 7) is 1.67. The predicted molar refractivity (Wildman–Crippen MR) is 72.9 cm³/mol. The van der Waals surface area contributed by atoms with Crippen molar-refractivity contribution in [2.24, 2.45) is 0 Å². The maximum atomic E-state index is 13.6. The predicted octanol–water partition coefficient (Wildman–Crippen LogP) is 0.995. The number of hydrogen-bond acceptors (Lipinski definition) is 5. The Morgan fingerprint density at radius 3 is 2.95 bits per heavy atom. The number of Topliss-reactive ketones (excluding diaryl/α,β-unsaturated/α-hetero) is 1. The van der Waals surface area contributed by atoms with Crippen LogP contribution < -0.4 is 10.1 Å². The minimum atomic E-state index is -0.480. The van der Waals surface area contributed by atoms with Gasteiger partial charge in [-0.3, -0.25) is 4.79 Å². The molecule has 1 aliphatic heterocycles. The van der Waals surface area contributed by atoms with Crippen LogP contribution in [0.25, 0.3) is 0 Å². The lowest BCUT2D eigenvalue weighted by atomic mass is 10.1. The molecule has 0 unspecified atom stereocenters. The molecular weight excluding hydrogens is 275 g/mol. The molecule has 0 spiro atoms. The van der Waals surface area contributed by atoms with Gasteiger partial charge >= 0.3 is 0 Å². The van der Waals surface area contributed by atoms with Crippen molar-refractivity contribution in [3.63, 3.8) is 0 Å². The average Bonchev–Trinajstić information content (AvgIpc) is 2.86. The number of halogens is 1. The standard InChI is InChI=1S/C14H15FN4O2/c1-21-14-3-2-9(4-11(14)15)5-13(20)12-8-19(18-17-12)10-6-16-7-10/h2-4,8,10,16H,5-7H2,1H3. The van der Waals surface area contributed by atoms with Crippen LogP contribution in [0, 0.1) is 5.82 Å². The fourth-order valence-electron chi connectivity index (χ4n) is 2.14. The zero-order chi connectivity index (χ0) is 14.8. The van der Waals surface area contributed by atoms with E-state index in [1.807, 2.05) is 0 Å². The number of rotatable bonds is 5. The highest BCUT2D eigenvalue weighted by Crippen LogP contribution is 2.19. The minimum Gasteiger partial charge on any atom is -0.494 e. The Kier molecular flexibility index (Phi) is 3.66. The lowest BCUT2D eigenvalue weighted by molar-refractivity contribution is 0.0988. The van der Waals surface area contributed by atoms with Gasteiger partial charge in [-0.2, -0.15) is 0 Å². The Labute approximate surface area is 120 Å². The summed E-state index contributed by atoms with van der Waals surface area (Å²) in [6.07, 6.45) is 1.73. The maximum absolute atomic E-state index is 13.6. The van der Waals surface area contributed by atoms with Crippen molar-refractivity contribution < 1.29 is 13.9 Å². The lowest BCUT2D eigenvalue weighted by Crippen LogP contribution is -2.43. The molecule has 110 valence electrons. The zero-order valence-electron chi connectivity index (χ0n) is 11.5. The van der Waals surface area contributed by atoms with Crippen molar-refractivity contribution in [3.05, 3.63) is 41.5 Å². The van der Waals surface area contributed by atoms with Gasteiger partial charge in [0.2, 0.25) is 0 Å². The van der Waals surface area contributed by atoms with Crippen LogP contribution in [0.4, 0.5) is 4.39 Å². The number of carbonyl (C=O) groups is 1. The van der Waals surface area contributed by atoms with E-state index in [9.17, 15) is 9.18 Å². The number of aromatic nitrogens is 3. The van der Waals surface area contributed by atoms with Gasteiger partial charge in [0.05, 0.1) is 19.3 Å². The fourth-order valence-corrected chi connectivity index (χ4v) is 2.14. The van der Waals surface area contributed by atoms with Crippen molar-refractivity contribution in [2.45, 2.75) is 12.5 Å². The molecule has 2 heterocycles. The van der Waals surface area contributed by atoms with E-state index in [1.54, 1.807) is 16.9 Å². The largest absolute Gasteiger partial charge is 0.494 e. The second kappa shape index (κ2) is 5.61. The van der Waals surface area contributed by atoms with E-state index in [-0.39, 0.29) is 24.0 Å². The van der Waals surface area contributed by atoms with Gasteiger partial charge in [0, 0.05) is 19.5 Å². The summed E-state index contributed by atoms with van der Waals surface area (Å²) in [5, 5.41) is 11.0. The lowest BCUT2D eigenvalue weighted by Gasteiger charge is -2.26. The van der Waals surface area contributed by atoms with Gasteiger partial charge in [-0.15, -0.1) is 5.10 Å². The molecule has 0 bridgehead atoms. The molecule has 1 fully saturated rings. The molecule has 21 heavy (non-hydrogen) atoms. The van der Waals surface area contributed by atoms with Crippen molar-refractivity contribution in [2.75, 3.05) is 20.2 Å². The van der Waals surface area contributed by atoms with Gasteiger partial charge in [0.1, 0.15) is 5.69 Å². The third-order valence-electron chi connectivity index (χ3n) is 3.51. The smallest absolute Gasteiger partial charge is 0.189 e. The molecule has 0 aliphatic carbocycles. The van der Waals surface area contributed by atoms with Crippen LogP contribution in [-0.2, 0) is 6.42 Å². The van der Waals surface area contributed by atoms with Crippen LogP contribution in [0.2, 0.25) is 0 Å². The van der Waals surface area contributed by atoms with E-state index in [2.05, 4.69) is 15.6 Å². The molecule has 1 saturated heterocycles. The summed E-state index contributed by atoms with van der Waals surface area (Å²) >= 11 is 0. The molecule has 1 aromatic heterocycles. The van der Waals surface area contributed by atoms with E-state index in [4.69, 9.17) is 4.74 Å². The van der Waals surface area contributed by atoms with E-state index in [0.717, 1.165) is 13.1 Å². The Hall–Kier alpha value is -2.28. The molecule has 0 radical (unpaired) electrons. The molecule has 0 amide bonds. The van der Waals surface area contributed by atoms with Gasteiger partial charge in [-0.1, -0.05) is 11.3 Å².